The largest absolute Gasteiger partial charge is 0.380 e. The van der Waals surface area contributed by atoms with E-state index < -0.39 is 0 Å². The molecule has 0 amide bonds. The molecule has 1 aliphatic heterocycles. The molecule has 5 aliphatic rings. The summed E-state index contributed by atoms with van der Waals surface area (Å²) in [5.74, 6) is 5.35. The van der Waals surface area contributed by atoms with Gasteiger partial charge in [0.25, 0.3) is 0 Å². The maximum atomic E-state index is 6.64. The van der Waals surface area contributed by atoms with Crippen LogP contribution in [0.15, 0.2) is 36.0 Å². The molecular weight excluding hydrogens is 763 g/mol. The van der Waals surface area contributed by atoms with Crippen LogP contribution in [0.5, 0.6) is 0 Å². The van der Waals surface area contributed by atoms with E-state index in [-0.39, 0.29) is 6.10 Å². The van der Waals surface area contributed by atoms with Crippen LogP contribution in [0.3, 0.4) is 0 Å². The molecule has 5 heteroatoms. The van der Waals surface area contributed by atoms with Crippen molar-refractivity contribution >= 4 is 0 Å². The molecule has 0 aromatic heterocycles. The number of methoxy groups -OCH3 is 1. The first kappa shape index (κ1) is 52.0. The summed E-state index contributed by atoms with van der Waals surface area (Å²) in [6, 6.07) is 0. The fourth-order valence-corrected chi connectivity index (χ4v) is 13.6. The Morgan fingerprint density at radius 1 is 0.742 bits per heavy atom. The monoisotopic (exact) mass is 864 g/mol. The predicted octanol–water partition coefficient (Wildman–Crippen LogP) is 15.1. The molecule has 0 radical (unpaired) electrons. The van der Waals surface area contributed by atoms with Crippen molar-refractivity contribution in [3.05, 3.63) is 36.0 Å². The molecule has 4 aliphatic carbocycles. The molecule has 0 spiro atoms. The zero-order chi connectivity index (χ0) is 44.0. The molecule has 0 N–H and O–H groups in total. The van der Waals surface area contributed by atoms with E-state index in [1.807, 2.05) is 7.11 Å². The van der Waals surface area contributed by atoms with Crippen molar-refractivity contribution in [1.82, 2.24) is 4.90 Å². The first-order valence-electron chi connectivity index (χ1n) is 27.2. The Bertz CT molecular complexity index is 1290. The molecule has 1 heterocycles. The molecule has 0 bridgehead atoms. The van der Waals surface area contributed by atoms with Crippen molar-refractivity contribution in [1.29, 1.82) is 0 Å². The second-order valence-corrected chi connectivity index (χ2v) is 22.3. The summed E-state index contributed by atoms with van der Waals surface area (Å²) in [6.07, 6.45) is 47.2. The lowest BCUT2D eigenvalue weighted by Gasteiger charge is -2.58. The van der Waals surface area contributed by atoms with Gasteiger partial charge in [-0.1, -0.05) is 148 Å². The van der Waals surface area contributed by atoms with Crippen molar-refractivity contribution in [3.8, 4) is 0 Å². The molecule has 62 heavy (non-hydrogen) atoms. The molecule has 0 aromatic carbocycles. The molecule has 5 rings (SSSR count). The second kappa shape index (κ2) is 28.3. The normalized spacial score (nSPS) is 31.2. The first-order chi connectivity index (χ1) is 30.2. The standard InChI is InChI=1S/C57H101NO4/c1-8-9-10-11-12-13-14-15-16-17-18-19-20-21-22-23-24-25-39-60-45-51(44-58-38-35-50(43-58)59-7)62-41-40-61-49-33-36-56(5)48(42-49)29-30-52-54-32-31-53(47(4)28-26-27-46(2)3)57(54,6)37-34-55(52)56/h12-13,15-16,29,46-47,49-55H,8-11,14,17-28,30-45H2,1-7H3/t47-,49+,50?,51?,52+,53-,54+,55+,56+,57-/m1/s1. The molecule has 1 saturated heterocycles. The van der Waals surface area contributed by atoms with Gasteiger partial charge in [0, 0.05) is 33.4 Å². The van der Waals surface area contributed by atoms with Crippen molar-refractivity contribution in [2.45, 2.75) is 227 Å². The molecule has 4 fully saturated rings. The Balaban J connectivity index is 0.948. The van der Waals surface area contributed by atoms with Crippen LogP contribution in [-0.4, -0.2) is 76.4 Å². The van der Waals surface area contributed by atoms with Gasteiger partial charge in [0.2, 0.25) is 0 Å². The molecule has 0 aromatic rings. The minimum Gasteiger partial charge on any atom is -0.380 e. The average Bonchev–Trinajstić information content (AvgIpc) is 3.87. The predicted molar refractivity (Wildman–Crippen MR) is 264 cm³/mol. The summed E-state index contributed by atoms with van der Waals surface area (Å²) in [7, 11) is 1.85. The number of likely N-dealkylation sites (tertiary alicyclic amines) is 1. The maximum absolute atomic E-state index is 6.64. The van der Waals surface area contributed by atoms with Crippen molar-refractivity contribution in [2.75, 3.05) is 53.2 Å². The summed E-state index contributed by atoms with van der Waals surface area (Å²) < 4.78 is 25.2. The maximum Gasteiger partial charge on any atom is 0.0936 e. The highest BCUT2D eigenvalue weighted by atomic mass is 16.6. The van der Waals surface area contributed by atoms with Gasteiger partial charge in [-0.05, 0) is 143 Å². The van der Waals surface area contributed by atoms with Gasteiger partial charge in [0.1, 0.15) is 0 Å². The van der Waals surface area contributed by atoms with Crippen LogP contribution in [-0.2, 0) is 18.9 Å². The molecule has 358 valence electrons. The summed E-state index contributed by atoms with van der Waals surface area (Å²) in [6.45, 7) is 20.9. The third-order valence-corrected chi connectivity index (χ3v) is 17.4. The zero-order valence-corrected chi connectivity index (χ0v) is 42.0. The van der Waals surface area contributed by atoms with Gasteiger partial charge in [0.15, 0.2) is 0 Å². The summed E-state index contributed by atoms with van der Waals surface area (Å²) >= 11 is 0. The highest BCUT2D eigenvalue weighted by Crippen LogP contribution is 2.67. The minimum atomic E-state index is 0.0823. The molecule has 10 atom stereocenters. The topological polar surface area (TPSA) is 40.2 Å². The number of unbranched alkanes of at least 4 members (excludes halogenated alkanes) is 11. The Kier molecular flexibility index (Phi) is 23.7. The van der Waals surface area contributed by atoms with E-state index in [2.05, 4.69) is 76.8 Å². The molecule has 5 nitrogen and oxygen atoms in total. The number of allylic oxidation sites excluding steroid dienone is 5. The lowest BCUT2D eigenvalue weighted by atomic mass is 9.47. The number of rotatable bonds is 32. The molecular formula is C57H101NO4. The van der Waals surface area contributed by atoms with Crippen LogP contribution < -0.4 is 0 Å². The van der Waals surface area contributed by atoms with Crippen LogP contribution in [0.4, 0.5) is 0 Å². The van der Waals surface area contributed by atoms with Crippen LogP contribution in [0, 0.1) is 46.3 Å². The van der Waals surface area contributed by atoms with Crippen LogP contribution in [0.2, 0.25) is 0 Å². The lowest BCUT2D eigenvalue weighted by Crippen LogP contribution is -2.51. The van der Waals surface area contributed by atoms with Gasteiger partial charge < -0.3 is 18.9 Å². The van der Waals surface area contributed by atoms with E-state index in [9.17, 15) is 0 Å². The van der Waals surface area contributed by atoms with E-state index >= 15 is 0 Å². The fourth-order valence-electron chi connectivity index (χ4n) is 13.6. The third kappa shape index (κ3) is 16.1. The van der Waals surface area contributed by atoms with Gasteiger partial charge in [-0.15, -0.1) is 0 Å². The van der Waals surface area contributed by atoms with E-state index in [0.717, 1.165) is 87.4 Å². The van der Waals surface area contributed by atoms with Crippen molar-refractivity contribution < 1.29 is 18.9 Å². The molecule has 3 saturated carbocycles. The first-order valence-corrected chi connectivity index (χ1v) is 27.2. The highest BCUT2D eigenvalue weighted by molar-refractivity contribution is 5.25. The van der Waals surface area contributed by atoms with Crippen LogP contribution >= 0.6 is 0 Å². The summed E-state index contributed by atoms with van der Waals surface area (Å²) in [5, 5.41) is 0. The van der Waals surface area contributed by atoms with Gasteiger partial charge in [-0.25, -0.2) is 0 Å². The Morgan fingerprint density at radius 2 is 1.48 bits per heavy atom. The zero-order valence-electron chi connectivity index (χ0n) is 42.0. The molecule has 2 unspecified atom stereocenters. The van der Waals surface area contributed by atoms with Crippen LogP contribution in [0.25, 0.3) is 0 Å². The number of hydrogen-bond donors (Lipinski definition) is 0. The number of hydrogen-bond acceptors (Lipinski definition) is 5. The smallest absolute Gasteiger partial charge is 0.0936 e. The Hall–Kier alpha value is -0.980. The van der Waals surface area contributed by atoms with Gasteiger partial charge >= 0.3 is 0 Å². The van der Waals surface area contributed by atoms with E-state index in [1.54, 1.807) is 5.57 Å². The van der Waals surface area contributed by atoms with Crippen molar-refractivity contribution in [3.63, 3.8) is 0 Å². The van der Waals surface area contributed by atoms with Gasteiger partial charge in [-0.2, -0.15) is 0 Å². The summed E-state index contributed by atoms with van der Waals surface area (Å²) in [5.41, 5.74) is 2.67. The summed E-state index contributed by atoms with van der Waals surface area (Å²) in [4.78, 5) is 2.51. The van der Waals surface area contributed by atoms with E-state index in [4.69, 9.17) is 18.9 Å². The fraction of sp³-hybridized carbons (Fsp3) is 0.895. The number of fused-ring (bicyclic) bond motifs is 5. The second-order valence-electron chi connectivity index (χ2n) is 22.3. The Morgan fingerprint density at radius 3 is 2.21 bits per heavy atom. The van der Waals surface area contributed by atoms with E-state index in [0.29, 0.717) is 42.9 Å². The minimum absolute atomic E-state index is 0.0823. The van der Waals surface area contributed by atoms with Crippen LogP contribution in [0.1, 0.15) is 208 Å². The average molecular weight is 864 g/mol. The Labute approximate surface area is 384 Å². The van der Waals surface area contributed by atoms with Gasteiger partial charge in [-0.3, -0.25) is 4.90 Å². The number of ether oxygens (including phenoxy) is 4. The third-order valence-electron chi connectivity index (χ3n) is 17.4. The SMILES string of the molecule is CCCCCC=CCC=CCCCCCCCCCCOCC(CN1CCC(OC)C1)OCCO[C@H]1CC[C@@]2(C)C(=CC[C@H]3[C@@H]4CC[C@H]([C@H](C)CCCC(C)C)[C@@]4(C)CC[C@@H]32)C1. The number of nitrogens with zero attached hydrogens (tertiary/aromatic N) is 1. The quantitative estimate of drug-likeness (QED) is 0.0498. The van der Waals surface area contributed by atoms with Crippen molar-refractivity contribution in [2.24, 2.45) is 46.3 Å². The van der Waals surface area contributed by atoms with E-state index in [1.165, 1.54) is 141 Å². The lowest BCUT2D eigenvalue weighted by molar-refractivity contribution is -0.0795. The highest BCUT2D eigenvalue weighted by Gasteiger charge is 2.59. The van der Waals surface area contributed by atoms with Gasteiger partial charge in [0.05, 0.1) is 38.1 Å².